The van der Waals surface area contributed by atoms with Crippen LogP contribution in [0.3, 0.4) is 0 Å². The molecule has 0 fully saturated rings. The van der Waals surface area contributed by atoms with Gasteiger partial charge in [-0.05, 0) is 6.07 Å². The van der Waals surface area contributed by atoms with Crippen LogP contribution in [0.1, 0.15) is 10.4 Å². The topological polar surface area (TPSA) is 85.4 Å². The van der Waals surface area contributed by atoms with Crippen molar-refractivity contribution in [1.82, 2.24) is 9.71 Å². The Morgan fingerprint density at radius 2 is 2.05 bits per heavy atom. The fourth-order valence-corrected chi connectivity index (χ4v) is 1.44. The van der Waals surface area contributed by atoms with Crippen LogP contribution in [0.2, 0.25) is 0 Å². The molecule has 106 valence electrons. The number of halogens is 3. The lowest BCUT2D eigenvalue weighted by molar-refractivity contribution is -0.154. The summed E-state index contributed by atoms with van der Waals surface area (Å²) in [5.74, 6) is -1.26. The van der Waals surface area contributed by atoms with Crippen molar-refractivity contribution in [3.05, 3.63) is 23.9 Å². The highest BCUT2D eigenvalue weighted by Gasteiger charge is 2.28. The van der Waals surface area contributed by atoms with E-state index in [2.05, 4.69) is 9.72 Å². The van der Waals surface area contributed by atoms with Gasteiger partial charge >= 0.3 is 6.18 Å². The van der Waals surface area contributed by atoms with Gasteiger partial charge in [0.05, 0.1) is 11.8 Å². The molecule has 0 aliphatic carbocycles. The normalized spacial score (nSPS) is 12.0. The van der Waals surface area contributed by atoms with Gasteiger partial charge in [-0.25, -0.2) is 18.1 Å². The van der Waals surface area contributed by atoms with Crippen molar-refractivity contribution in [3.8, 4) is 5.88 Å². The number of hydrogen-bond acceptors (Lipinski definition) is 5. The molecule has 0 aliphatic heterocycles. The van der Waals surface area contributed by atoms with E-state index in [1.54, 1.807) is 4.72 Å². The van der Waals surface area contributed by atoms with E-state index in [9.17, 15) is 26.4 Å². The number of hydrogen-bond donors (Lipinski definition) is 1. The lowest BCUT2D eigenvalue weighted by atomic mass is 10.3. The maximum absolute atomic E-state index is 11.9. The van der Waals surface area contributed by atoms with Crippen molar-refractivity contribution < 1.29 is 31.1 Å². The van der Waals surface area contributed by atoms with E-state index in [0.29, 0.717) is 0 Å². The minimum atomic E-state index is -4.49. The van der Waals surface area contributed by atoms with Gasteiger partial charge in [0.15, 0.2) is 6.61 Å². The van der Waals surface area contributed by atoms with Crippen molar-refractivity contribution in [2.75, 3.05) is 12.9 Å². The number of nitrogens with one attached hydrogen (secondary N) is 1. The van der Waals surface area contributed by atoms with Crippen molar-refractivity contribution in [2.45, 2.75) is 6.18 Å². The summed E-state index contributed by atoms with van der Waals surface area (Å²) in [4.78, 5) is 14.8. The molecule has 0 radical (unpaired) electrons. The van der Waals surface area contributed by atoms with E-state index < -0.39 is 28.7 Å². The molecule has 10 heteroatoms. The molecule has 0 unspecified atom stereocenters. The van der Waals surface area contributed by atoms with Gasteiger partial charge in [0, 0.05) is 12.3 Å². The molecule has 6 nitrogen and oxygen atoms in total. The molecule has 1 aromatic heterocycles. The Morgan fingerprint density at radius 1 is 1.42 bits per heavy atom. The molecule has 0 aromatic carbocycles. The number of ether oxygens (including phenoxy) is 1. The highest BCUT2D eigenvalue weighted by Crippen LogP contribution is 2.16. The summed E-state index contributed by atoms with van der Waals surface area (Å²) in [7, 11) is -3.72. The summed E-state index contributed by atoms with van der Waals surface area (Å²) >= 11 is 0. The number of pyridine rings is 1. The lowest BCUT2D eigenvalue weighted by Crippen LogP contribution is -2.29. The number of carbonyl (C=O) groups is 1. The van der Waals surface area contributed by atoms with Gasteiger partial charge in [-0.1, -0.05) is 0 Å². The summed E-state index contributed by atoms with van der Waals surface area (Å²) in [6.07, 6.45) is -2.79. The summed E-state index contributed by atoms with van der Waals surface area (Å²) in [5.41, 5.74) is -0.121. The monoisotopic (exact) mass is 298 g/mol. The Labute approximate surface area is 106 Å². The molecular weight excluding hydrogens is 289 g/mol. The minimum Gasteiger partial charge on any atom is -0.468 e. The van der Waals surface area contributed by atoms with E-state index in [1.165, 1.54) is 0 Å². The molecule has 1 aromatic rings. The van der Waals surface area contributed by atoms with Gasteiger partial charge in [-0.15, -0.1) is 0 Å². The number of amides is 1. The first-order valence-electron chi connectivity index (χ1n) is 4.74. The molecule has 1 amide bonds. The second-order valence-corrected chi connectivity index (χ2v) is 5.24. The summed E-state index contributed by atoms with van der Waals surface area (Å²) < 4.78 is 63.1. The van der Waals surface area contributed by atoms with Gasteiger partial charge in [0.2, 0.25) is 15.9 Å². The van der Waals surface area contributed by atoms with E-state index in [-0.39, 0.29) is 11.4 Å². The second-order valence-electron chi connectivity index (χ2n) is 3.49. The molecule has 1 rings (SSSR count). The Balaban J connectivity index is 2.69. The van der Waals surface area contributed by atoms with Gasteiger partial charge in [0.25, 0.3) is 5.91 Å². The fraction of sp³-hybridized carbons (Fsp3) is 0.333. The lowest BCUT2D eigenvalue weighted by Gasteiger charge is -2.08. The van der Waals surface area contributed by atoms with Crippen molar-refractivity contribution in [2.24, 2.45) is 0 Å². The molecule has 0 saturated carbocycles. The third-order valence-corrected chi connectivity index (χ3v) is 2.22. The number of rotatable bonds is 4. The average molecular weight is 298 g/mol. The number of carbonyl (C=O) groups excluding carboxylic acids is 1. The Kier molecular flexibility index (Phi) is 4.35. The predicted octanol–water partition coefficient (Wildman–Crippen LogP) is 0.712. The quantitative estimate of drug-likeness (QED) is 0.885. The predicted molar refractivity (Wildman–Crippen MR) is 58.1 cm³/mol. The highest BCUT2D eigenvalue weighted by molar-refractivity contribution is 7.89. The summed E-state index contributed by atoms with van der Waals surface area (Å²) in [6, 6.07) is 2.13. The van der Waals surface area contributed by atoms with Crippen LogP contribution < -0.4 is 9.46 Å². The minimum absolute atomic E-state index is 0.121. The fourth-order valence-electron chi connectivity index (χ4n) is 0.983. The first-order chi connectivity index (χ1) is 8.57. The zero-order chi connectivity index (χ0) is 14.7. The van der Waals surface area contributed by atoms with Crippen LogP contribution in [0, 0.1) is 0 Å². The molecule has 0 saturated heterocycles. The third-order valence-electron chi connectivity index (χ3n) is 1.66. The molecule has 0 bridgehead atoms. The van der Waals surface area contributed by atoms with Gasteiger partial charge in [0.1, 0.15) is 0 Å². The molecule has 0 spiro atoms. The Hall–Kier alpha value is -1.84. The molecular formula is C9H9F3N2O4S. The number of aromatic nitrogens is 1. The molecule has 19 heavy (non-hydrogen) atoms. The largest absolute Gasteiger partial charge is 0.468 e. The number of sulfonamides is 1. The molecule has 1 N–H and O–H groups in total. The second kappa shape index (κ2) is 5.43. The first-order valence-corrected chi connectivity index (χ1v) is 6.64. The highest BCUT2D eigenvalue weighted by atomic mass is 32.2. The standard InChI is InChI=1S/C9H9F3N2O4S/c1-19(16,17)14-8(15)6-2-3-7(13-4-6)18-5-9(10,11)12/h2-4H,5H2,1H3,(H,14,15). The number of nitrogens with zero attached hydrogens (tertiary/aromatic N) is 1. The van der Waals surface area contributed by atoms with Crippen LogP contribution in [0.15, 0.2) is 18.3 Å². The van der Waals surface area contributed by atoms with Crippen molar-refractivity contribution in [3.63, 3.8) is 0 Å². The molecule has 1 heterocycles. The first kappa shape index (κ1) is 15.2. The third kappa shape index (κ3) is 6.04. The van der Waals surface area contributed by atoms with Crippen LogP contribution in [0.5, 0.6) is 5.88 Å². The maximum atomic E-state index is 11.9. The maximum Gasteiger partial charge on any atom is 0.422 e. The van der Waals surface area contributed by atoms with Crippen LogP contribution >= 0.6 is 0 Å². The van der Waals surface area contributed by atoms with E-state index in [1.807, 2.05) is 0 Å². The van der Waals surface area contributed by atoms with E-state index in [0.717, 1.165) is 24.6 Å². The van der Waals surface area contributed by atoms with Crippen LogP contribution in [-0.4, -0.2) is 38.3 Å². The SMILES string of the molecule is CS(=O)(=O)NC(=O)c1ccc(OCC(F)(F)F)nc1. The van der Waals surface area contributed by atoms with Crippen LogP contribution in [0.25, 0.3) is 0 Å². The van der Waals surface area contributed by atoms with Crippen LogP contribution in [-0.2, 0) is 10.0 Å². The van der Waals surface area contributed by atoms with E-state index in [4.69, 9.17) is 0 Å². The number of alkyl halides is 3. The van der Waals surface area contributed by atoms with Gasteiger partial charge < -0.3 is 4.74 Å². The Morgan fingerprint density at radius 3 is 2.47 bits per heavy atom. The Bertz CT molecular complexity index is 554. The van der Waals surface area contributed by atoms with Crippen molar-refractivity contribution in [1.29, 1.82) is 0 Å². The van der Waals surface area contributed by atoms with Crippen molar-refractivity contribution >= 4 is 15.9 Å². The summed E-state index contributed by atoms with van der Waals surface area (Å²) in [5, 5.41) is 0. The molecule has 0 atom stereocenters. The van der Waals surface area contributed by atoms with E-state index >= 15 is 0 Å². The van der Waals surface area contributed by atoms with Crippen LogP contribution in [0.4, 0.5) is 13.2 Å². The van der Waals surface area contributed by atoms with Gasteiger partial charge in [-0.3, -0.25) is 4.79 Å². The zero-order valence-corrected chi connectivity index (χ0v) is 10.4. The zero-order valence-electron chi connectivity index (χ0n) is 9.56. The smallest absolute Gasteiger partial charge is 0.422 e. The average Bonchev–Trinajstić information content (AvgIpc) is 2.23. The van der Waals surface area contributed by atoms with Gasteiger partial charge in [-0.2, -0.15) is 13.2 Å². The summed E-state index contributed by atoms with van der Waals surface area (Å²) in [6.45, 7) is -1.51. The molecule has 0 aliphatic rings.